The fourth-order valence-corrected chi connectivity index (χ4v) is 8.33. The number of aromatic amines is 1. The van der Waals surface area contributed by atoms with E-state index in [0.29, 0.717) is 35.2 Å². The molecule has 424 valence electrons. The normalized spacial score (nSPS) is 10.7. The van der Waals surface area contributed by atoms with E-state index in [2.05, 4.69) is 50.8 Å². The van der Waals surface area contributed by atoms with Gasteiger partial charge in [-0.2, -0.15) is 10.2 Å². The predicted octanol–water partition coefficient (Wildman–Crippen LogP) is 15.1. The zero-order chi connectivity index (χ0) is 57.3. The molecule has 82 heavy (non-hydrogen) atoms. The van der Waals surface area contributed by atoms with E-state index in [0.717, 1.165) is 67.4 Å². The largest absolute Gasteiger partial charge is 0.497 e. The molecule has 2 N–H and O–H groups in total. The average Bonchev–Trinajstić information content (AvgIpc) is 4.01. The molecule has 15 nitrogen and oxygen atoms in total. The first kappa shape index (κ1) is 62.5. The summed E-state index contributed by atoms with van der Waals surface area (Å²) in [6.45, 7) is 1.42. The Hall–Kier alpha value is -7.05. The quantitative estimate of drug-likeness (QED) is 0.0515. The minimum Gasteiger partial charge on any atom is -0.497 e. The highest BCUT2D eigenvalue weighted by Gasteiger charge is 2.29. The van der Waals surface area contributed by atoms with Gasteiger partial charge in [0.25, 0.3) is 0 Å². The van der Waals surface area contributed by atoms with Crippen molar-refractivity contribution in [3.8, 4) is 57.0 Å². The van der Waals surface area contributed by atoms with Gasteiger partial charge >= 0.3 is 5.97 Å². The van der Waals surface area contributed by atoms with Crippen LogP contribution in [0, 0.1) is 0 Å². The van der Waals surface area contributed by atoms with Gasteiger partial charge in [0.2, 0.25) is 0 Å². The Kier molecular flexibility index (Phi) is 23.5. The lowest BCUT2D eigenvalue weighted by molar-refractivity contribution is 0.0678. The number of Topliss-reactive ketones (excluding diaryl/α,β-unsaturated/α-hetero) is 1. The monoisotopic (exact) mass is 1210 g/mol. The van der Waals surface area contributed by atoms with E-state index in [-0.39, 0.29) is 64.8 Å². The highest BCUT2D eigenvalue weighted by Crippen LogP contribution is 2.86. The second kappa shape index (κ2) is 30.8. The van der Waals surface area contributed by atoms with Gasteiger partial charge in [-0.3, -0.25) is 9.48 Å². The number of fused-ring (bicyclic) bond motifs is 1. The Bertz CT molecular complexity index is 3580. The molecule has 21 heteroatoms. The van der Waals surface area contributed by atoms with Crippen molar-refractivity contribution in [3.05, 3.63) is 221 Å². The average molecular weight is 1210 g/mol. The lowest BCUT2D eigenvalue weighted by Gasteiger charge is -2.11. The van der Waals surface area contributed by atoms with Crippen LogP contribution in [0.1, 0.15) is 56.5 Å². The molecule has 0 radical (unpaired) electrons. The summed E-state index contributed by atoms with van der Waals surface area (Å²) in [4.78, 5) is 34.3. The molecule has 0 bridgehead atoms. The number of ether oxygens (including phenoxy) is 6. The second-order valence-electron chi connectivity index (χ2n) is 17.9. The Morgan fingerprint density at radius 3 is 1.24 bits per heavy atom. The molecule has 0 aliphatic heterocycles. The van der Waals surface area contributed by atoms with E-state index < -0.39 is 5.97 Å². The SMILES string of the molecule is C.COc1ccc(COc2c(-c3ccccc3)nn(Cc3ccc(OC)cc3)c2C(=O)Cc2nc3ccccc3[nH]2)cc1.COc1ccc(COc2c(-c3ccccc3)nn(Cc3ccc(OC)cc3)c2C(=O)O)cc1.PP(P)P(P)P. The molecule has 0 aliphatic rings. The van der Waals surface area contributed by atoms with Crippen molar-refractivity contribution in [2.45, 2.75) is 40.2 Å². The Labute approximate surface area is 489 Å². The molecule has 3 heterocycles. The van der Waals surface area contributed by atoms with Crippen molar-refractivity contribution in [1.82, 2.24) is 29.5 Å². The summed E-state index contributed by atoms with van der Waals surface area (Å²) in [6.07, 6.45) is 0.0656. The van der Waals surface area contributed by atoms with E-state index in [1.165, 1.54) is 4.68 Å². The number of hydrogen-bond acceptors (Lipinski definition) is 11. The second-order valence-corrected chi connectivity index (χ2v) is 37.7. The Morgan fingerprint density at radius 1 is 0.500 bits per heavy atom. The van der Waals surface area contributed by atoms with Crippen LogP contribution in [0.25, 0.3) is 33.5 Å². The number of imidazole rings is 1. The third-order valence-corrected chi connectivity index (χ3v) is 33.8. The van der Waals surface area contributed by atoms with Crippen LogP contribution in [-0.4, -0.2) is 74.8 Å². The maximum absolute atomic E-state index is 14.1. The molecule has 0 saturated heterocycles. The summed E-state index contributed by atoms with van der Waals surface area (Å²) >= 11 is 0. The molecule has 4 unspecified atom stereocenters. The number of carbonyl (C=O) groups excluding carboxylic acids is 1. The molecule has 4 atom stereocenters. The summed E-state index contributed by atoms with van der Waals surface area (Å²) in [5.41, 5.74) is 8.48. The number of nitrogens with zero attached hydrogens (tertiary/aromatic N) is 5. The number of hydrogen-bond donors (Lipinski definition) is 2. The molecule has 0 aliphatic carbocycles. The van der Waals surface area contributed by atoms with E-state index >= 15 is 0 Å². The maximum Gasteiger partial charge on any atom is 0.358 e. The van der Waals surface area contributed by atoms with Crippen molar-refractivity contribution < 1.29 is 43.1 Å². The van der Waals surface area contributed by atoms with Crippen LogP contribution in [0.5, 0.6) is 34.5 Å². The predicted molar refractivity (Wildman–Crippen MR) is 345 cm³/mol. The number of aromatic nitrogens is 6. The van der Waals surface area contributed by atoms with Gasteiger partial charge in [-0.05, 0) is 96.9 Å². The Balaban J connectivity index is 0.000000217. The van der Waals surface area contributed by atoms with E-state index in [1.54, 1.807) is 33.1 Å². The van der Waals surface area contributed by atoms with Crippen molar-refractivity contribution in [1.29, 1.82) is 0 Å². The number of ketones is 1. The van der Waals surface area contributed by atoms with E-state index in [4.69, 9.17) is 33.5 Å². The number of carboxylic acids is 1. The van der Waals surface area contributed by atoms with Crippen molar-refractivity contribution >= 4 is 72.5 Å². The minimum atomic E-state index is -1.11. The summed E-state index contributed by atoms with van der Waals surface area (Å²) in [6, 6.07) is 57.2. The highest BCUT2D eigenvalue weighted by molar-refractivity contribution is 8.92. The standard InChI is InChI=1S/C34H30N4O4.C26H24N2O5.CH4.H8P6/c1-40-26-16-12-23(13-17-26)21-38-33(30(39)20-31-35-28-10-6-7-11-29(28)36-31)34(32(37-38)25-8-4-3-5-9-25)42-22-24-14-18-27(41-2)19-15-24;1-31-21-12-8-18(9-13-21)16-28-24(26(29)30)25(23(27-28)20-6-4-3-5-7-20)33-17-19-10-14-22(32-2)15-11-19;;1-5(2)6(3)4/h3-19H,20-22H2,1-2H3,(H,35,36);3-15H,16-17H2,1-2H3,(H,29,30);1H4;1-4H2. The topological polar surface area (TPSA) is 174 Å². The summed E-state index contributed by atoms with van der Waals surface area (Å²) in [5, 5.41) is 19.6. The molecule has 3 aromatic heterocycles. The van der Waals surface area contributed by atoms with Crippen LogP contribution in [0.3, 0.4) is 0 Å². The van der Waals surface area contributed by atoms with E-state index in [1.807, 2.05) is 182 Å². The van der Waals surface area contributed by atoms with Crippen LogP contribution in [0.4, 0.5) is 0 Å². The molecule has 10 rings (SSSR count). The third kappa shape index (κ3) is 16.8. The van der Waals surface area contributed by atoms with Gasteiger partial charge in [0.05, 0.1) is 59.0 Å². The number of rotatable bonds is 21. The first-order valence-electron chi connectivity index (χ1n) is 25.2. The lowest BCUT2D eigenvalue weighted by Crippen LogP contribution is -2.15. The van der Waals surface area contributed by atoms with Gasteiger partial charge < -0.3 is 38.5 Å². The summed E-state index contributed by atoms with van der Waals surface area (Å²) in [7, 11) is 17.6. The van der Waals surface area contributed by atoms with Gasteiger partial charge in [0.15, 0.2) is 23.0 Å². The lowest BCUT2D eigenvalue weighted by atomic mass is 10.1. The summed E-state index contributed by atoms with van der Waals surface area (Å²) in [5.74, 6) is 2.98. The number of carbonyl (C=O) groups is 2. The number of methoxy groups -OCH3 is 4. The zero-order valence-corrected chi connectivity index (χ0v) is 51.4. The molecule has 7 aromatic carbocycles. The first-order chi connectivity index (χ1) is 39.3. The van der Waals surface area contributed by atoms with Gasteiger partial charge in [-0.25, -0.2) is 14.5 Å². The van der Waals surface area contributed by atoms with Crippen molar-refractivity contribution in [2.24, 2.45) is 0 Å². The van der Waals surface area contributed by atoms with E-state index in [9.17, 15) is 14.7 Å². The number of aromatic carboxylic acids is 1. The van der Waals surface area contributed by atoms with Gasteiger partial charge in [-0.15, -0.1) is 35.7 Å². The molecule has 10 aromatic rings. The fraction of sp³-hybridized carbons (Fsp3) is 0.164. The van der Waals surface area contributed by atoms with Gasteiger partial charge in [0, 0.05) is 11.1 Å². The van der Waals surface area contributed by atoms with Crippen LogP contribution >= 0.6 is 49.7 Å². The van der Waals surface area contributed by atoms with Crippen LogP contribution in [-0.2, 0) is 32.7 Å². The van der Waals surface area contributed by atoms with Gasteiger partial charge in [0.1, 0.15) is 59.1 Å². The van der Waals surface area contributed by atoms with Crippen LogP contribution in [0.2, 0.25) is 0 Å². The number of benzene rings is 7. The molecular weight excluding hydrogens is 1150 g/mol. The number of para-hydroxylation sites is 2. The molecule has 0 fully saturated rings. The van der Waals surface area contributed by atoms with Crippen LogP contribution < -0.4 is 28.4 Å². The smallest absolute Gasteiger partial charge is 0.358 e. The highest BCUT2D eigenvalue weighted by atomic mass is 33.0. The van der Waals surface area contributed by atoms with Gasteiger partial charge in [-0.1, -0.05) is 129 Å². The minimum absolute atomic E-state index is 0. The number of H-pyrrole nitrogens is 1. The number of carboxylic acid groups (broad SMARTS) is 1. The molecule has 0 spiro atoms. The molecule has 0 saturated carbocycles. The third-order valence-electron chi connectivity index (χ3n) is 12.5. The maximum atomic E-state index is 14.1. The zero-order valence-electron chi connectivity index (χ0n) is 45.0. The molecule has 0 amide bonds. The number of nitrogens with one attached hydrogen (secondary N) is 1. The Morgan fingerprint density at radius 2 is 0.866 bits per heavy atom. The fourth-order valence-electron chi connectivity index (χ4n) is 8.33. The van der Waals surface area contributed by atoms with Crippen molar-refractivity contribution in [3.63, 3.8) is 0 Å². The van der Waals surface area contributed by atoms with Crippen molar-refractivity contribution in [2.75, 3.05) is 28.4 Å². The summed E-state index contributed by atoms with van der Waals surface area (Å²) < 4.78 is 36.8. The molecular formula is C61H66N6O9P6. The first-order valence-corrected chi connectivity index (χ1v) is 35.1. The van der Waals surface area contributed by atoms with Crippen LogP contribution in [0.15, 0.2) is 182 Å².